The lowest BCUT2D eigenvalue weighted by molar-refractivity contribution is -0.121. The number of carbonyl (C=O) groups is 1. The van der Waals surface area contributed by atoms with Crippen LogP contribution in [0.5, 0.6) is 0 Å². The molecule has 0 aliphatic rings. The van der Waals surface area contributed by atoms with Gasteiger partial charge in [0, 0.05) is 44.3 Å². The quantitative estimate of drug-likeness (QED) is 0.632. The van der Waals surface area contributed by atoms with Crippen molar-refractivity contribution >= 4 is 17.7 Å². The summed E-state index contributed by atoms with van der Waals surface area (Å²) in [6, 6.07) is 0. The van der Waals surface area contributed by atoms with Crippen molar-refractivity contribution in [2.75, 3.05) is 24.7 Å². The van der Waals surface area contributed by atoms with E-state index in [-0.39, 0.29) is 12.5 Å². The number of aromatic nitrogens is 2. The lowest BCUT2D eigenvalue weighted by Gasteiger charge is -2.05. The summed E-state index contributed by atoms with van der Waals surface area (Å²) in [5, 5.41) is 11.4. The fourth-order valence-electron chi connectivity index (χ4n) is 1.27. The predicted molar refractivity (Wildman–Crippen MR) is 68.9 cm³/mol. The Hall–Kier alpha value is -1.01. The molecule has 0 saturated carbocycles. The minimum atomic E-state index is 0.0708. The number of imidazole rings is 1. The Bertz CT molecular complexity index is 304. The van der Waals surface area contributed by atoms with Crippen molar-refractivity contribution in [2.24, 2.45) is 0 Å². The molecule has 0 unspecified atom stereocenters. The van der Waals surface area contributed by atoms with Crippen LogP contribution in [0, 0.1) is 0 Å². The maximum atomic E-state index is 11.4. The van der Waals surface area contributed by atoms with E-state index in [0.717, 1.165) is 17.9 Å². The summed E-state index contributed by atoms with van der Waals surface area (Å²) in [6.07, 6.45) is 6.56. The van der Waals surface area contributed by atoms with Crippen LogP contribution in [0.15, 0.2) is 18.7 Å². The maximum Gasteiger partial charge on any atom is 0.221 e. The van der Waals surface area contributed by atoms with Crippen LogP contribution < -0.4 is 5.32 Å². The van der Waals surface area contributed by atoms with Crippen LogP contribution in [0.3, 0.4) is 0 Å². The van der Waals surface area contributed by atoms with Gasteiger partial charge in [0.05, 0.1) is 6.33 Å². The highest BCUT2D eigenvalue weighted by Gasteiger charge is 2.00. The number of aryl methyl sites for hydroxylation is 1. The average molecular weight is 257 g/mol. The minimum absolute atomic E-state index is 0.0708. The summed E-state index contributed by atoms with van der Waals surface area (Å²) in [5.74, 6) is 1.92. The Balaban J connectivity index is 1.94. The zero-order chi connectivity index (χ0) is 12.3. The van der Waals surface area contributed by atoms with Crippen LogP contribution in [0.2, 0.25) is 0 Å². The summed E-state index contributed by atoms with van der Waals surface area (Å²) in [4.78, 5) is 15.3. The Kier molecular flexibility index (Phi) is 7.49. The Morgan fingerprint density at radius 1 is 1.47 bits per heavy atom. The lowest BCUT2D eigenvalue weighted by atomic mass is 10.4. The van der Waals surface area contributed by atoms with Gasteiger partial charge in [0.1, 0.15) is 0 Å². The van der Waals surface area contributed by atoms with Gasteiger partial charge in [-0.1, -0.05) is 0 Å². The zero-order valence-corrected chi connectivity index (χ0v) is 10.7. The monoisotopic (exact) mass is 257 g/mol. The van der Waals surface area contributed by atoms with Gasteiger partial charge < -0.3 is 15.0 Å². The van der Waals surface area contributed by atoms with Gasteiger partial charge in [-0.3, -0.25) is 4.79 Å². The molecule has 1 amide bonds. The number of hydrogen-bond donors (Lipinski definition) is 2. The summed E-state index contributed by atoms with van der Waals surface area (Å²) < 4.78 is 1.88. The molecule has 0 fully saturated rings. The Labute approximate surface area is 106 Å². The highest BCUT2D eigenvalue weighted by molar-refractivity contribution is 7.99. The molecular weight excluding hydrogens is 238 g/mol. The van der Waals surface area contributed by atoms with Crippen LogP contribution in [0.25, 0.3) is 0 Å². The van der Waals surface area contributed by atoms with Gasteiger partial charge in [-0.2, -0.15) is 11.8 Å². The van der Waals surface area contributed by atoms with E-state index in [2.05, 4.69) is 10.3 Å². The van der Waals surface area contributed by atoms with Gasteiger partial charge in [-0.15, -0.1) is 0 Å². The highest BCUT2D eigenvalue weighted by atomic mass is 32.2. The Morgan fingerprint density at radius 3 is 3.06 bits per heavy atom. The van der Waals surface area contributed by atoms with Crippen molar-refractivity contribution in [3.8, 4) is 0 Å². The van der Waals surface area contributed by atoms with Gasteiger partial charge in [-0.05, 0) is 12.2 Å². The van der Waals surface area contributed by atoms with Crippen LogP contribution in [-0.4, -0.2) is 45.2 Å². The summed E-state index contributed by atoms with van der Waals surface area (Å²) in [7, 11) is 0. The molecule has 0 atom stereocenters. The molecule has 0 aromatic carbocycles. The second kappa shape index (κ2) is 9.07. The molecule has 0 aliphatic carbocycles. The van der Waals surface area contributed by atoms with Crippen LogP contribution >= 0.6 is 11.8 Å². The van der Waals surface area contributed by atoms with Crippen LogP contribution in [0.1, 0.15) is 12.8 Å². The molecule has 0 bridgehead atoms. The number of nitrogens with one attached hydrogen (secondary N) is 1. The molecule has 17 heavy (non-hydrogen) atoms. The number of hydrogen-bond acceptors (Lipinski definition) is 4. The second-order valence-electron chi connectivity index (χ2n) is 3.59. The first-order chi connectivity index (χ1) is 8.33. The van der Waals surface area contributed by atoms with Gasteiger partial charge in [0.2, 0.25) is 5.91 Å². The molecule has 96 valence electrons. The second-order valence-corrected chi connectivity index (χ2v) is 4.81. The highest BCUT2D eigenvalue weighted by Crippen LogP contribution is 2.00. The van der Waals surface area contributed by atoms with E-state index >= 15 is 0 Å². The average Bonchev–Trinajstić information content (AvgIpc) is 2.84. The number of thioether (sulfide) groups is 1. The number of carbonyl (C=O) groups excluding carboxylic acids is 1. The van der Waals surface area contributed by atoms with Crippen molar-refractivity contribution in [1.82, 2.24) is 14.9 Å². The molecule has 6 heteroatoms. The van der Waals surface area contributed by atoms with Crippen LogP contribution in [0.4, 0.5) is 0 Å². The molecule has 0 spiro atoms. The topological polar surface area (TPSA) is 67.2 Å². The third-order valence-electron chi connectivity index (χ3n) is 2.17. The van der Waals surface area contributed by atoms with E-state index in [1.54, 1.807) is 24.3 Å². The van der Waals surface area contributed by atoms with Gasteiger partial charge in [0.15, 0.2) is 0 Å². The third kappa shape index (κ3) is 7.01. The molecule has 0 radical (unpaired) electrons. The third-order valence-corrected chi connectivity index (χ3v) is 3.24. The predicted octanol–water partition coefficient (Wildman–Crippen LogP) is 0.505. The van der Waals surface area contributed by atoms with E-state index < -0.39 is 0 Å². The zero-order valence-electron chi connectivity index (χ0n) is 9.84. The number of amides is 1. The van der Waals surface area contributed by atoms with Crippen molar-refractivity contribution in [1.29, 1.82) is 0 Å². The first kappa shape index (κ1) is 14.1. The SMILES string of the molecule is O=C(CCn1ccnc1)NCCSCCCO. The molecule has 1 rings (SSSR count). The molecular formula is C11H19N3O2S. The Morgan fingerprint density at radius 2 is 2.35 bits per heavy atom. The molecule has 5 nitrogen and oxygen atoms in total. The lowest BCUT2D eigenvalue weighted by Crippen LogP contribution is -2.26. The molecule has 0 aliphatic heterocycles. The standard InChI is InChI=1S/C11H19N3O2S/c15-7-1-8-17-9-4-13-11(16)2-5-14-6-3-12-10-14/h3,6,10,15H,1-2,4-5,7-9H2,(H,13,16). The number of nitrogens with zero attached hydrogens (tertiary/aromatic N) is 2. The normalized spacial score (nSPS) is 10.4. The first-order valence-corrected chi connectivity index (χ1v) is 6.89. The maximum absolute atomic E-state index is 11.4. The van der Waals surface area contributed by atoms with E-state index in [9.17, 15) is 4.79 Å². The largest absolute Gasteiger partial charge is 0.396 e. The van der Waals surface area contributed by atoms with E-state index in [4.69, 9.17) is 5.11 Å². The van der Waals surface area contributed by atoms with Crippen molar-refractivity contribution in [2.45, 2.75) is 19.4 Å². The minimum Gasteiger partial charge on any atom is -0.396 e. The van der Waals surface area contributed by atoms with E-state index in [0.29, 0.717) is 19.5 Å². The fourth-order valence-corrected chi connectivity index (χ4v) is 2.05. The number of aliphatic hydroxyl groups excluding tert-OH is 1. The molecule has 0 saturated heterocycles. The molecule has 2 N–H and O–H groups in total. The summed E-state index contributed by atoms with van der Waals surface area (Å²) in [5.41, 5.74) is 0. The molecule has 1 aromatic rings. The van der Waals surface area contributed by atoms with Crippen LogP contribution in [-0.2, 0) is 11.3 Å². The number of aliphatic hydroxyl groups is 1. The van der Waals surface area contributed by atoms with Crippen molar-refractivity contribution in [3.05, 3.63) is 18.7 Å². The molecule has 1 aromatic heterocycles. The van der Waals surface area contributed by atoms with Gasteiger partial charge in [-0.25, -0.2) is 4.98 Å². The molecule has 1 heterocycles. The van der Waals surface area contributed by atoms with Gasteiger partial charge >= 0.3 is 0 Å². The smallest absolute Gasteiger partial charge is 0.221 e. The summed E-state index contributed by atoms with van der Waals surface area (Å²) >= 11 is 1.75. The van der Waals surface area contributed by atoms with Crippen molar-refractivity contribution < 1.29 is 9.90 Å². The van der Waals surface area contributed by atoms with Gasteiger partial charge in [0.25, 0.3) is 0 Å². The fraction of sp³-hybridized carbons (Fsp3) is 0.636. The van der Waals surface area contributed by atoms with E-state index in [1.165, 1.54) is 0 Å². The summed E-state index contributed by atoms with van der Waals surface area (Å²) in [6.45, 7) is 1.60. The van der Waals surface area contributed by atoms with E-state index in [1.807, 2.05) is 10.8 Å². The first-order valence-electron chi connectivity index (χ1n) is 5.74. The van der Waals surface area contributed by atoms with Crippen molar-refractivity contribution in [3.63, 3.8) is 0 Å². The number of rotatable bonds is 9.